The number of aromatic nitrogens is 1. The predicted molar refractivity (Wildman–Crippen MR) is 65.1 cm³/mol. The van der Waals surface area contributed by atoms with Gasteiger partial charge in [0, 0.05) is 18.5 Å². The van der Waals surface area contributed by atoms with Crippen molar-refractivity contribution in [1.29, 1.82) is 0 Å². The van der Waals surface area contributed by atoms with Crippen LogP contribution < -0.4 is 5.56 Å². The van der Waals surface area contributed by atoms with E-state index in [0.29, 0.717) is 12.2 Å². The Labute approximate surface area is 98.4 Å². The maximum absolute atomic E-state index is 11.8. The van der Waals surface area contributed by atoms with Crippen LogP contribution in [0.1, 0.15) is 17.3 Å². The maximum Gasteiger partial charge on any atom is 0.339 e. The Balaban J connectivity index is 2.76. The molecule has 2 aromatic rings. The lowest BCUT2D eigenvalue weighted by molar-refractivity contribution is 0.0528. The summed E-state index contributed by atoms with van der Waals surface area (Å²) in [6, 6.07) is 8.59. The number of carbonyl (C=O) groups is 1. The molecule has 0 aliphatic carbocycles. The lowest BCUT2D eigenvalue weighted by atomic mass is 10.1. The minimum Gasteiger partial charge on any atom is -0.462 e. The van der Waals surface area contributed by atoms with Crippen molar-refractivity contribution < 1.29 is 9.53 Å². The molecule has 0 radical (unpaired) electrons. The molecule has 0 atom stereocenters. The van der Waals surface area contributed by atoms with Crippen molar-refractivity contribution in [3.05, 3.63) is 46.2 Å². The fraction of sp³-hybridized carbons (Fsp3) is 0.231. The number of para-hydroxylation sites is 1. The second kappa shape index (κ2) is 4.41. The summed E-state index contributed by atoms with van der Waals surface area (Å²) in [5.74, 6) is -0.457. The molecule has 1 aromatic heterocycles. The van der Waals surface area contributed by atoms with Crippen LogP contribution in [0, 0.1) is 0 Å². The second-order valence-corrected chi connectivity index (χ2v) is 3.69. The summed E-state index contributed by atoms with van der Waals surface area (Å²) in [6.45, 7) is 2.03. The van der Waals surface area contributed by atoms with Gasteiger partial charge in [-0.05, 0) is 13.0 Å². The quantitative estimate of drug-likeness (QED) is 0.739. The van der Waals surface area contributed by atoms with Crippen LogP contribution in [0.3, 0.4) is 0 Å². The molecule has 0 saturated heterocycles. The first-order valence-electron chi connectivity index (χ1n) is 5.41. The number of nitrogens with zero attached hydrogens (tertiary/aromatic N) is 1. The third-order valence-corrected chi connectivity index (χ3v) is 2.65. The van der Waals surface area contributed by atoms with E-state index in [4.69, 9.17) is 4.74 Å². The number of carbonyl (C=O) groups excluding carboxylic acids is 1. The molecule has 0 aliphatic rings. The van der Waals surface area contributed by atoms with Crippen molar-refractivity contribution in [2.24, 2.45) is 7.05 Å². The van der Waals surface area contributed by atoms with Gasteiger partial charge in [0.1, 0.15) is 0 Å². The Morgan fingerprint density at radius 3 is 2.76 bits per heavy atom. The van der Waals surface area contributed by atoms with Crippen LogP contribution in [0.4, 0.5) is 0 Å². The monoisotopic (exact) mass is 231 g/mol. The largest absolute Gasteiger partial charge is 0.462 e. The number of esters is 1. The molecular weight excluding hydrogens is 218 g/mol. The number of rotatable bonds is 2. The van der Waals surface area contributed by atoms with E-state index in [-0.39, 0.29) is 5.56 Å². The molecule has 0 spiro atoms. The van der Waals surface area contributed by atoms with Gasteiger partial charge in [-0.2, -0.15) is 0 Å². The van der Waals surface area contributed by atoms with Crippen molar-refractivity contribution in [2.45, 2.75) is 6.92 Å². The Kier molecular flexibility index (Phi) is 2.95. The third-order valence-electron chi connectivity index (χ3n) is 2.65. The minimum atomic E-state index is -0.457. The van der Waals surface area contributed by atoms with Gasteiger partial charge in [0.2, 0.25) is 0 Å². The van der Waals surface area contributed by atoms with E-state index in [1.165, 1.54) is 10.6 Å². The first-order chi connectivity index (χ1) is 8.15. The van der Waals surface area contributed by atoms with E-state index in [1.54, 1.807) is 26.1 Å². The van der Waals surface area contributed by atoms with Crippen LogP contribution in [-0.2, 0) is 11.8 Å². The Morgan fingerprint density at radius 2 is 2.06 bits per heavy atom. The topological polar surface area (TPSA) is 48.3 Å². The zero-order valence-electron chi connectivity index (χ0n) is 9.77. The molecule has 4 heteroatoms. The molecule has 0 N–H and O–H groups in total. The van der Waals surface area contributed by atoms with Gasteiger partial charge in [-0.3, -0.25) is 4.79 Å². The summed E-state index contributed by atoms with van der Waals surface area (Å²) in [7, 11) is 1.68. The van der Waals surface area contributed by atoms with Crippen LogP contribution in [0.25, 0.3) is 10.9 Å². The molecule has 88 valence electrons. The van der Waals surface area contributed by atoms with Gasteiger partial charge in [0.25, 0.3) is 5.56 Å². The van der Waals surface area contributed by atoms with Crippen molar-refractivity contribution in [1.82, 2.24) is 4.57 Å². The van der Waals surface area contributed by atoms with E-state index in [9.17, 15) is 9.59 Å². The van der Waals surface area contributed by atoms with E-state index >= 15 is 0 Å². The number of fused-ring (bicyclic) bond motifs is 1. The van der Waals surface area contributed by atoms with Crippen molar-refractivity contribution >= 4 is 16.9 Å². The number of aryl methyl sites for hydroxylation is 1. The molecular formula is C13H13NO3. The lowest BCUT2D eigenvalue weighted by Gasteiger charge is -2.08. The number of benzene rings is 1. The fourth-order valence-corrected chi connectivity index (χ4v) is 1.79. The maximum atomic E-state index is 11.8. The number of ether oxygens (including phenoxy) is 1. The van der Waals surface area contributed by atoms with E-state index < -0.39 is 5.97 Å². The summed E-state index contributed by atoms with van der Waals surface area (Å²) >= 11 is 0. The summed E-state index contributed by atoms with van der Waals surface area (Å²) in [5.41, 5.74) is 0.834. The van der Waals surface area contributed by atoms with Crippen LogP contribution >= 0.6 is 0 Å². The third kappa shape index (κ3) is 1.93. The van der Waals surface area contributed by atoms with Crippen molar-refractivity contribution in [3.8, 4) is 0 Å². The SMILES string of the molecule is CCOC(=O)c1cc(=O)n(C)c2ccccc12. The standard InChI is InChI=1S/C13H13NO3/c1-3-17-13(16)10-8-12(15)14(2)11-7-5-4-6-9(10)11/h4-8H,3H2,1-2H3. The minimum absolute atomic E-state index is 0.216. The van der Waals surface area contributed by atoms with Crippen LogP contribution in [0.5, 0.6) is 0 Å². The molecule has 0 aliphatic heterocycles. The van der Waals surface area contributed by atoms with Gasteiger partial charge in [-0.1, -0.05) is 18.2 Å². The summed E-state index contributed by atoms with van der Waals surface area (Å²) < 4.78 is 6.46. The van der Waals surface area contributed by atoms with Gasteiger partial charge in [-0.25, -0.2) is 4.79 Å². The average molecular weight is 231 g/mol. The highest BCUT2D eigenvalue weighted by molar-refractivity contribution is 6.03. The molecule has 0 fully saturated rings. The normalized spacial score (nSPS) is 10.5. The number of hydrogen-bond donors (Lipinski definition) is 0. The van der Waals surface area contributed by atoms with Crippen LogP contribution in [-0.4, -0.2) is 17.1 Å². The first kappa shape index (κ1) is 11.4. The highest BCUT2D eigenvalue weighted by atomic mass is 16.5. The van der Waals surface area contributed by atoms with Crippen LogP contribution in [0.15, 0.2) is 35.1 Å². The Morgan fingerprint density at radius 1 is 1.35 bits per heavy atom. The van der Waals surface area contributed by atoms with Crippen molar-refractivity contribution in [3.63, 3.8) is 0 Å². The highest BCUT2D eigenvalue weighted by Crippen LogP contribution is 2.16. The van der Waals surface area contributed by atoms with Gasteiger partial charge in [0.15, 0.2) is 0 Å². The molecule has 0 amide bonds. The zero-order chi connectivity index (χ0) is 12.4. The molecule has 0 bridgehead atoms. The molecule has 17 heavy (non-hydrogen) atoms. The predicted octanol–water partition coefficient (Wildman–Crippen LogP) is 1.72. The number of hydrogen-bond acceptors (Lipinski definition) is 3. The molecule has 1 heterocycles. The molecule has 0 saturated carbocycles. The Hall–Kier alpha value is -2.10. The van der Waals surface area contributed by atoms with Gasteiger partial charge >= 0.3 is 5.97 Å². The van der Waals surface area contributed by atoms with E-state index in [0.717, 1.165) is 10.9 Å². The van der Waals surface area contributed by atoms with Gasteiger partial charge in [-0.15, -0.1) is 0 Å². The summed E-state index contributed by atoms with van der Waals surface area (Å²) in [5, 5.41) is 0.730. The molecule has 4 nitrogen and oxygen atoms in total. The van der Waals surface area contributed by atoms with Gasteiger partial charge in [0.05, 0.1) is 17.7 Å². The Bertz CT molecular complexity index is 628. The van der Waals surface area contributed by atoms with Gasteiger partial charge < -0.3 is 9.30 Å². The number of pyridine rings is 1. The molecule has 0 unspecified atom stereocenters. The average Bonchev–Trinajstić information content (AvgIpc) is 2.34. The van der Waals surface area contributed by atoms with Crippen LogP contribution in [0.2, 0.25) is 0 Å². The molecule has 2 rings (SSSR count). The summed E-state index contributed by atoms with van der Waals surface area (Å²) in [6.07, 6.45) is 0. The van der Waals surface area contributed by atoms with E-state index in [1.807, 2.05) is 12.1 Å². The van der Waals surface area contributed by atoms with E-state index in [2.05, 4.69) is 0 Å². The lowest BCUT2D eigenvalue weighted by Crippen LogP contribution is -2.19. The smallest absolute Gasteiger partial charge is 0.339 e. The second-order valence-electron chi connectivity index (χ2n) is 3.69. The molecule has 1 aromatic carbocycles. The van der Waals surface area contributed by atoms with Crippen molar-refractivity contribution in [2.75, 3.05) is 6.61 Å². The summed E-state index contributed by atoms with van der Waals surface area (Å²) in [4.78, 5) is 23.5. The zero-order valence-corrected chi connectivity index (χ0v) is 9.77. The fourth-order valence-electron chi connectivity index (χ4n) is 1.79. The first-order valence-corrected chi connectivity index (χ1v) is 5.41. The highest BCUT2D eigenvalue weighted by Gasteiger charge is 2.13.